The van der Waals surface area contributed by atoms with Crippen molar-refractivity contribution in [3.05, 3.63) is 40.4 Å². The van der Waals surface area contributed by atoms with Crippen LogP contribution in [0.1, 0.15) is 12.5 Å². The van der Waals surface area contributed by atoms with E-state index < -0.39 is 0 Å². The number of aliphatic hydroxyl groups is 1. The monoisotopic (exact) mass is 289 g/mol. The normalized spacial score (nSPS) is 12.4. The highest BCUT2D eigenvalue weighted by Gasteiger charge is 2.16. The Morgan fingerprint density at radius 3 is 2.86 bits per heavy atom. The average Bonchev–Trinajstić information content (AvgIpc) is 2.49. The molecular weight excluding hydrogens is 270 g/mol. The smallest absolute Gasteiger partial charge is 0.261 e. The predicted octanol–water partition coefficient (Wildman–Crippen LogP) is 0.544. The molecule has 0 radical (unpaired) electrons. The third-order valence-corrected chi connectivity index (χ3v) is 3.68. The fourth-order valence-electron chi connectivity index (χ4n) is 2.08. The molecule has 0 aliphatic heterocycles. The maximum atomic E-state index is 12.4. The lowest BCUT2D eigenvalue weighted by molar-refractivity contribution is -0.133. The molecule has 1 amide bonds. The topological polar surface area (TPSA) is 75.4 Å². The van der Waals surface area contributed by atoms with E-state index in [9.17, 15) is 9.59 Å². The first-order chi connectivity index (χ1) is 9.95. The second-order valence-electron chi connectivity index (χ2n) is 5.18. The fraction of sp³-hybridized carbons (Fsp3) is 0.400. The van der Waals surface area contributed by atoms with E-state index in [4.69, 9.17) is 5.11 Å². The van der Waals surface area contributed by atoms with Crippen molar-refractivity contribution >= 4 is 16.8 Å². The summed E-state index contributed by atoms with van der Waals surface area (Å²) in [6.45, 7) is 3.42. The highest BCUT2D eigenvalue weighted by atomic mass is 16.3. The van der Waals surface area contributed by atoms with Crippen LogP contribution in [0.25, 0.3) is 10.9 Å². The van der Waals surface area contributed by atoms with Crippen molar-refractivity contribution < 1.29 is 9.90 Å². The highest BCUT2D eigenvalue weighted by Crippen LogP contribution is 2.11. The maximum absolute atomic E-state index is 12.4. The van der Waals surface area contributed by atoms with Gasteiger partial charge in [0.1, 0.15) is 6.54 Å². The van der Waals surface area contributed by atoms with Crippen molar-refractivity contribution in [1.82, 2.24) is 14.5 Å². The molecule has 0 saturated heterocycles. The number of hydrogen-bond donors (Lipinski definition) is 1. The molecule has 112 valence electrons. The van der Waals surface area contributed by atoms with Crippen molar-refractivity contribution in [3.63, 3.8) is 0 Å². The van der Waals surface area contributed by atoms with Gasteiger partial charge in [-0.25, -0.2) is 4.98 Å². The Labute approximate surface area is 122 Å². The summed E-state index contributed by atoms with van der Waals surface area (Å²) in [5.74, 6) is -0.243. The highest BCUT2D eigenvalue weighted by molar-refractivity contribution is 5.81. The standard InChI is InChI=1S/C15H19N3O3/c1-10-5-4-6-12-14(10)16-9-18(15(12)21)7-13(20)17(3)11(2)8-19/h4-6,9,11,19H,7-8H2,1-3H3. The van der Waals surface area contributed by atoms with Gasteiger partial charge in [-0.05, 0) is 25.5 Å². The number of aromatic nitrogens is 2. The summed E-state index contributed by atoms with van der Waals surface area (Å²) in [5, 5.41) is 9.57. The van der Waals surface area contributed by atoms with E-state index in [0.717, 1.165) is 5.56 Å². The number of carbonyl (C=O) groups excluding carboxylic acids is 1. The Kier molecular flexibility index (Phi) is 4.37. The molecule has 0 saturated carbocycles. The lowest BCUT2D eigenvalue weighted by Crippen LogP contribution is -2.40. The lowest BCUT2D eigenvalue weighted by atomic mass is 10.1. The minimum absolute atomic E-state index is 0.0868. The summed E-state index contributed by atoms with van der Waals surface area (Å²) in [5.41, 5.74) is 1.35. The van der Waals surface area contributed by atoms with Crippen LogP contribution in [0.4, 0.5) is 0 Å². The van der Waals surface area contributed by atoms with Crippen LogP contribution >= 0.6 is 0 Å². The Bertz CT molecular complexity index is 724. The van der Waals surface area contributed by atoms with Crippen molar-refractivity contribution in [2.24, 2.45) is 0 Å². The van der Waals surface area contributed by atoms with Gasteiger partial charge < -0.3 is 10.0 Å². The number of hydrogen-bond acceptors (Lipinski definition) is 4. The quantitative estimate of drug-likeness (QED) is 0.891. The van der Waals surface area contributed by atoms with Crippen molar-refractivity contribution in [2.45, 2.75) is 26.4 Å². The minimum atomic E-state index is -0.288. The third-order valence-electron chi connectivity index (χ3n) is 3.68. The molecule has 1 N–H and O–H groups in total. The van der Waals surface area contributed by atoms with Gasteiger partial charge in [-0.1, -0.05) is 12.1 Å². The van der Waals surface area contributed by atoms with Gasteiger partial charge in [0.2, 0.25) is 5.91 Å². The van der Waals surface area contributed by atoms with Gasteiger partial charge in [-0.3, -0.25) is 14.2 Å². The molecule has 1 aromatic heterocycles. The fourth-order valence-corrected chi connectivity index (χ4v) is 2.08. The van der Waals surface area contributed by atoms with Crippen LogP contribution in [-0.4, -0.2) is 45.2 Å². The molecule has 6 heteroatoms. The number of rotatable bonds is 4. The van der Waals surface area contributed by atoms with Crippen molar-refractivity contribution in [3.8, 4) is 0 Å². The van der Waals surface area contributed by atoms with Crippen LogP contribution < -0.4 is 5.56 Å². The number of aliphatic hydroxyl groups excluding tert-OH is 1. The van der Waals surface area contributed by atoms with Crippen LogP contribution in [0.15, 0.2) is 29.3 Å². The molecule has 2 aromatic rings. The van der Waals surface area contributed by atoms with Gasteiger partial charge in [-0.15, -0.1) is 0 Å². The number of amides is 1. The number of carbonyl (C=O) groups is 1. The van der Waals surface area contributed by atoms with Crippen molar-refractivity contribution in [2.75, 3.05) is 13.7 Å². The van der Waals surface area contributed by atoms with Gasteiger partial charge in [0, 0.05) is 7.05 Å². The zero-order valence-electron chi connectivity index (χ0n) is 12.4. The number of likely N-dealkylation sites (N-methyl/N-ethyl adjacent to an activating group) is 1. The van der Waals surface area contributed by atoms with Crippen LogP contribution in [0, 0.1) is 6.92 Å². The van der Waals surface area contributed by atoms with Gasteiger partial charge in [0.15, 0.2) is 0 Å². The molecule has 6 nitrogen and oxygen atoms in total. The van der Waals surface area contributed by atoms with E-state index in [1.54, 1.807) is 26.1 Å². The average molecular weight is 289 g/mol. The van der Waals surface area contributed by atoms with Gasteiger partial charge in [0.05, 0.1) is 29.9 Å². The summed E-state index contributed by atoms with van der Waals surface area (Å²) >= 11 is 0. The zero-order chi connectivity index (χ0) is 15.6. The van der Waals surface area contributed by atoms with Crippen LogP contribution in [-0.2, 0) is 11.3 Å². The lowest BCUT2D eigenvalue weighted by Gasteiger charge is -2.23. The third kappa shape index (κ3) is 2.95. The Morgan fingerprint density at radius 2 is 2.19 bits per heavy atom. The van der Waals surface area contributed by atoms with E-state index in [0.29, 0.717) is 10.9 Å². The molecule has 21 heavy (non-hydrogen) atoms. The van der Waals surface area contributed by atoms with Crippen LogP contribution in [0.2, 0.25) is 0 Å². The van der Waals surface area contributed by atoms with Crippen LogP contribution in [0.5, 0.6) is 0 Å². The number of aryl methyl sites for hydroxylation is 1. The summed E-state index contributed by atoms with van der Waals surface area (Å²) in [4.78, 5) is 30.2. The minimum Gasteiger partial charge on any atom is -0.394 e. The second-order valence-corrected chi connectivity index (χ2v) is 5.18. The first kappa shape index (κ1) is 15.2. The SMILES string of the molecule is Cc1cccc2c(=O)n(CC(=O)N(C)C(C)CO)cnc12. The van der Waals surface area contributed by atoms with Crippen molar-refractivity contribution in [1.29, 1.82) is 0 Å². The molecule has 0 bridgehead atoms. The van der Waals surface area contributed by atoms with E-state index in [1.807, 2.05) is 13.0 Å². The van der Waals surface area contributed by atoms with E-state index in [2.05, 4.69) is 4.98 Å². The van der Waals surface area contributed by atoms with E-state index in [1.165, 1.54) is 15.8 Å². The summed E-state index contributed by atoms with van der Waals surface area (Å²) in [7, 11) is 1.60. The number of para-hydroxylation sites is 1. The Morgan fingerprint density at radius 1 is 1.48 bits per heavy atom. The Balaban J connectivity index is 2.34. The number of nitrogens with zero attached hydrogens (tertiary/aromatic N) is 3. The summed E-state index contributed by atoms with van der Waals surface area (Å²) in [6.07, 6.45) is 1.40. The van der Waals surface area contributed by atoms with Gasteiger partial charge >= 0.3 is 0 Å². The molecule has 0 aliphatic rings. The van der Waals surface area contributed by atoms with Crippen LogP contribution in [0.3, 0.4) is 0 Å². The number of benzene rings is 1. The predicted molar refractivity (Wildman–Crippen MR) is 80.1 cm³/mol. The molecule has 0 aliphatic carbocycles. The summed E-state index contributed by atoms with van der Waals surface area (Å²) < 4.78 is 1.30. The van der Waals surface area contributed by atoms with Gasteiger partial charge in [0.25, 0.3) is 5.56 Å². The molecule has 1 unspecified atom stereocenters. The zero-order valence-corrected chi connectivity index (χ0v) is 12.4. The first-order valence-corrected chi connectivity index (χ1v) is 6.77. The number of fused-ring (bicyclic) bond motifs is 1. The van der Waals surface area contributed by atoms with E-state index in [-0.39, 0.29) is 30.7 Å². The summed E-state index contributed by atoms with van der Waals surface area (Å²) in [6, 6.07) is 5.11. The maximum Gasteiger partial charge on any atom is 0.261 e. The molecule has 1 atom stereocenters. The molecule has 0 fully saturated rings. The molecular formula is C15H19N3O3. The van der Waals surface area contributed by atoms with E-state index >= 15 is 0 Å². The van der Waals surface area contributed by atoms with Gasteiger partial charge in [-0.2, -0.15) is 0 Å². The molecule has 0 spiro atoms. The largest absolute Gasteiger partial charge is 0.394 e. The molecule has 1 heterocycles. The Hall–Kier alpha value is -2.21. The molecule has 2 rings (SSSR count). The first-order valence-electron chi connectivity index (χ1n) is 6.77. The molecule has 1 aromatic carbocycles. The second kappa shape index (κ2) is 6.05.